The van der Waals surface area contributed by atoms with E-state index in [1.165, 1.54) is 18.2 Å². The summed E-state index contributed by atoms with van der Waals surface area (Å²) in [6.07, 6.45) is -1.01. The normalized spacial score (nSPS) is 11.2. The Morgan fingerprint density at radius 3 is 2.36 bits per heavy atom. The summed E-state index contributed by atoms with van der Waals surface area (Å²) in [5, 5.41) is 11.9. The lowest BCUT2D eigenvalue weighted by Gasteiger charge is -2.12. The van der Waals surface area contributed by atoms with E-state index in [4.69, 9.17) is 27.9 Å². The van der Waals surface area contributed by atoms with Crippen LogP contribution in [-0.2, 0) is 14.3 Å². The van der Waals surface area contributed by atoms with Gasteiger partial charge in [0.15, 0.2) is 17.2 Å². The number of nitrogens with one attached hydrogen (secondary N) is 3. The average Bonchev–Trinajstić information content (AvgIpc) is 2.71. The summed E-state index contributed by atoms with van der Waals surface area (Å²) in [5.74, 6) is -1.67. The molecule has 1 aromatic heterocycles. The number of alkyl carbamates (subject to hydrolysis) is 1. The summed E-state index contributed by atoms with van der Waals surface area (Å²) in [6, 6.07) is 4.23. The van der Waals surface area contributed by atoms with Crippen LogP contribution in [0.2, 0.25) is 10.0 Å². The van der Waals surface area contributed by atoms with Gasteiger partial charge >= 0.3 is 6.09 Å². The number of rotatable bonds is 8. The van der Waals surface area contributed by atoms with Crippen molar-refractivity contribution in [3.05, 3.63) is 44.2 Å². The fourth-order valence-corrected chi connectivity index (χ4v) is 3.00. The Bertz CT molecular complexity index is 1140. The first-order valence-electron chi connectivity index (χ1n) is 9.62. The Labute approximate surface area is 198 Å². The van der Waals surface area contributed by atoms with Gasteiger partial charge in [0.05, 0.1) is 22.3 Å². The number of carbonyl (C=O) groups is 3. The lowest BCUT2D eigenvalue weighted by Crippen LogP contribution is -2.39. The Morgan fingerprint density at radius 1 is 1.18 bits per heavy atom. The zero-order valence-electron chi connectivity index (χ0n) is 18.1. The number of amides is 2. The lowest BCUT2D eigenvalue weighted by molar-refractivity contribution is -0.116. The maximum Gasteiger partial charge on any atom is 0.414 e. The number of ether oxygens (including phenoxy) is 2. The zero-order valence-corrected chi connectivity index (χ0v) is 19.6. The molecule has 2 amide bonds. The van der Waals surface area contributed by atoms with Crippen molar-refractivity contribution in [2.75, 3.05) is 12.0 Å². The molecule has 1 aromatic carbocycles. The van der Waals surface area contributed by atoms with Crippen LogP contribution in [0.25, 0.3) is 0 Å². The van der Waals surface area contributed by atoms with Gasteiger partial charge < -0.3 is 9.47 Å². The van der Waals surface area contributed by atoms with Crippen LogP contribution in [0.15, 0.2) is 28.1 Å². The number of Topliss-reactive ketones (excluding diaryl/α,β-unsaturated/α-hetero) is 1. The molecule has 1 heterocycles. The van der Waals surface area contributed by atoms with Crippen LogP contribution >= 0.6 is 23.2 Å². The number of anilines is 1. The quantitative estimate of drug-likeness (QED) is 0.284. The predicted octanol–water partition coefficient (Wildman–Crippen LogP) is 3.62. The molecule has 0 saturated carbocycles. The van der Waals surface area contributed by atoms with Gasteiger partial charge in [-0.25, -0.2) is 9.89 Å². The highest BCUT2D eigenvalue weighted by Gasteiger charge is 2.20. The first-order chi connectivity index (χ1) is 15.5. The average molecular weight is 498 g/mol. The van der Waals surface area contributed by atoms with Crippen LogP contribution in [0.5, 0.6) is 11.6 Å². The zero-order chi connectivity index (χ0) is 24.7. The van der Waals surface area contributed by atoms with Crippen molar-refractivity contribution in [2.24, 2.45) is 5.10 Å². The molecule has 0 aliphatic heterocycles. The number of aromatic nitrogens is 2. The number of hydrazone groups is 1. The molecule has 0 fully saturated rings. The van der Waals surface area contributed by atoms with Crippen molar-refractivity contribution < 1.29 is 23.9 Å². The third-order valence-corrected chi connectivity index (χ3v) is 4.53. The minimum absolute atomic E-state index is 0.0443. The maximum absolute atomic E-state index is 12.1. The lowest BCUT2D eigenvalue weighted by atomic mass is 10.1. The van der Waals surface area contributed by atoms with Crippen LogP contribution < -0.4 is 21.0 Å². The van der Waals surface area contributed by atoms with Crippen LogP contribution in [0.1, 0.15) is 39.2 Å². The van der Waals surface area contributed by atoms with Gasteiger partial charge in [0.25, 0.3) is 11.5 Å². The van der Waals surface area contributed by atoms with Crippen LogP contribution in [0.4, 0.5) is 10.5 Å². The van der Waals surface area contributed by atoms with Gasteiger partial charge in [-0.1, -0.05) is 37.0 Å². The fraction of sp³-hybridized carbons (Fsp3) is 0.300. The molecule has 2 rings (SSSR count). The predicted molar refractivity (Wildman–Crippen MR) is 122 cm³/mol. The van der Waals surface area contributed by atoms with E-state index in [0.29, 0.717) is 5.56 Å². The molecule has 0 unspecified atom stereocenters. The number of nitrogens with zero attached hydrogens (tertiary/aromatic N) is 2. The topological polar surface area (TPSA) is 152 Å². The molecule has 33 heavy (non-hydrogen) atoms. The SMILES string of the molecule is CCOC(=O)NC(=O)/C(=N\Nc1cc(Cl)c(Oc2cc(C(C)C)c(=O)[nH]n2)c(Cl)c1)C(C)=O. The second kappa shape index (κ2) is 11.4. The van der Waals surface area contributed by atoms with E-state index in [1.807, 2.05) is 19.2 Å². The van der Waals surface area contributed by atoms with Gasteiger partial charge in [0.1, 0.15) is 0 Å². The Morgan fingerprint density at radius 2 is 1.82 bits per heavy atom. The first-order valence-corrected chi connectivity index (χ1v) is 10.4. The van der Waals surface area contributed by atoms with Crippen molar-refractivity contribution in [3.8, 4) is 11.6 Å². The molecular formula is C20H21Cl2N5O6. The molecule has 0 bridgehead atoms. The van der Waals surface area contributed by atoms with E-state index in [-0.39, 0.29) is 45.4 Å². The summed E-state index contributed by atoms with van der Waals surface area (Å²) >= 11 is 12.5. The number of hydrogen-bond acceptors (Lipinski definition) is 9. The smallest absolute Gasteiger partial charge is 0.414 e. The second-order valence-corrected chi connectivity index (χ2v) is 7.63. The number of halogens is 2. The monoisotopic (exact) mass is 497 g/mol. The summed E-state index contributed by atoms with van der Waals surface area (Å²) in [5.41, 5.74) is 2.27. The number of ketones is 1. The van der Waals surface area contributed by atoms with Crippen LogP contribution in [-0.4, -0.2) is 40.3 Å². The van der Waals surface area contributed by atoms with Crippen LogP contribution in [0, 0.1) is 0 Å². The largest absolute Gasteiger partial charge is 0.450 e. The summed E-state index contributed by atoms with van der Waals surface area (Å²) < 4.78 is 10.2. The van der Waals surface area contributed by atoms with Crippen molar-refractivity contribution in [1.29, 1.82) is 0 Å². The van der Waals surface area contributed by atoms with Crippen molar-refractivity contribution in [1.82, 2.24) is 15.5 Å². The van der Waals surface area contributed by atoms with Gasteiger partial charge in [0.2, 0.25) is 5.88 Å². The highest BCUT2D eigenvalue weighted by molar-refractivity contribution is 6.66. The third kappa shape index (κ3) is 7.02. The molecule has 13 heteroatoms. The molecule has 2 aromatic rings. The van der Waals surface area contributed by atoms with E-state index < -0.39 is 23.5 Å². The summed E-state index contributed by atoms with van der Waals surface area (Å²) in [6.45, 7) is 6.39. The molecule has 11 nitrogen and oxygen atoms in total. The minimum atomic E-state index is -1.05. The van der Waals surface area contributed by atoms with Gasteiger partial charge in [-0.3, -0.25) is 25.1 Å². The molecule has 3 N–H and O–H groups in total. The highest BCUT2D eigenvalue weighted by atomic mass is 35.5. The molecule has 0 atom stereocenters. The van der Waals surface area contributed by atoms with Crippen molar-refractivity contribution in [2.45, 2.75) is 33.6 Å². The molecular weight excluding hydrogens is 477 g/mol. The molecule has 0 saturated heterocycles. The van der Waals surface area contributed by atoms with Crippen molar-refractivity contribution >= 4 is 52.4 Å². The number of hydrogen-bond donors (Lipinski definition) is 3. The summed E-state index contributed by atoms with van der Waals surface area (Å²) in [7, 11) is 0. The van der Waals surface area contributed by atoms with E-state index in [2.05, 4.69) is 25.5 Å². The summed E-state index contributed by atoms with van der Waals surface area (Å²) in [4.78, 5) is 47.1. The van der Waals surface area contributed by atoms with Gasteiger partial charge in [0, 0.05) is 18.6 Å². The molecule has 0 spiro atoms. The standard InChI is InChI=1S/C20H21Cl2N5O6/c1-5-32-20(31)23-19(30)16(10(4)28)26-24-11-6-13(21)17(14(22)7-11)33-15-8-12(9(2)3)18(29)27-25-15/h6-9,24H,5H2,1-4H3,(H,27,29)(H,23,30,31)/b26-16-. The molecule has 0 radical (unpaired) electrons. The molecule has 176 valence electrons. The Kier molecular flexibility index (Phi) is 8.94. The minimum Gasteiger partial charge on any atom is -0.450 e. The van der Waals surface area contributed by atoms with Gasteiger partial charge in [-0.15, -0.1) is 5.10 Å². The van der Waals surface area contributed by atoms with E-state index in [9.17, 15) is 19.2 Å². The second-order valence-electron chi connectivity index (χ2n) is 6.82. The molecule has 0 aliphatic rings. The van der Waals surface area contributed by atoms with Crippen molar-refractivity contribution in [3.63, 3.8) is 0 Å². The Hall–Kier alpha value is -3.44. The van der Waals surface area contributed by atoms with Gasteiger partial charge in [-0.2, -0.15) is 5.10 Å². The highest BCUT2D eigenvalue weighted by Crippen LogP contribution is 2.38. The van der Waals surface area contributed by atoms with Gasteiger partial charge in [-0.05, 0) is 25.0 Å². The van der Waals surface area contributed by atoms with E-state index in [1.54, 1.807) is 6.92 Å². The first kappa shape index (κ1) is 25.8. The third-order valence-electron chi connectivity index (χ3n) is 3.97. The van der Waals surface area contributed by atoms with Crippen LogP contribution in [0.3, 0.4) is 0 Å². The fourth-order valence-electron chi connectivity index (χ4n) is 2.44. The molecule has 0 aliphatic carbocycles. The van der Waals surface area contributed by atoms with E-state index >= 15 is 0 Å². The number of aromatic amines is 1. The number of carbonyl (C=O) groups excluding carboxylic acids is 3. The maximum atomic E-state index is 12.1. The number of imide groups is 1. The Balaban J connectivity index is 2.24. The van der Waals surface area contributed by atoms with E-state index in [0.717, 1.165) is 6.92 Å². The number of benzene rings is 1. The number of H-pyrrole nitrogens is 1.